The van der Waals surface area contributed by atoms with Gasteiger partial charge in [0.2, 0.25) is 5.95 Å². The highest BCUT2D eigenvalue weighted by atomic mass is 35.5. The summed E-state index contributed by atoms with van der Waals surface area (Å²) in [6, 6.07) is 0.455. The molecule has 118 valence electrons. The standard InChI is InChI=1S/C15H20ClN5O/c1-11-19-13(10-22-11)9-21-5-3-14(4-6-21)20(2)15-17-7-12(16)8-18-15/h7-8,10,14H,3-6,9H2,1-2H3. The van der Waals surface area contributed by atoms with Crippen LogP contribution in [0.1, 0.15) is 24.4 Å². The van der Waals surface area contributed by atoms with Crippen LogP contribution < -0.4 is 4.90 Å². The normalized spacial score (nSPS) is 16.9. The molecule has 2 aromatic rings. The second kappa shape index (κ2) is 6.62. The third-order valence-electron chi connectivity index (χ3n) is 4.08. The molecule has 0 saturated carbocycles. The van der Waals surface area contributed by atoms with E-state index in [0.717, 1.165) is 50.0 Å². The minimum Gasteiger partial charge on any atom is -0.449 e. The summed E-state index contributed by atoms with van der Waals surface area (Å²) in [7, 11) is 2.05. The van der Waals surface area contributed by atoms with Crippen LogP contribution in [-0.2, 0) is 6.54 Å². The monoisotopic (exact) mass is 321 g/mol. The molecular formula is C15H20ClN5O. The van der Waals surface area contributed by atoms with E-state index in [1.54, 1.807) is 18.7 Å². The Bertz CT molecular complexity index is 607. The maximum absolute atomic E-state index is 5.84. The van der Waals surface area contributed by atoms with Crippen molar-refractivity contribution in [2.45, 2.75) is 32.4 Å². The second-order valence-corrected chi connectivity index (χ2v) is 6.11. The fourth-order valence-corrected chi connectivity index (χ4v) is 2.92. The van der Waals surface area contributed by atoms with Crippen LogP contribution in [0.3, 0.4) is 0 Å². The summed E-state index contributed by atoms with van der Waals surface area (Å²) in [5.41, 5.74) is 1.00. The molecule has 2 aromatic heterocycles. The van der Waals surface area contributed by atoms with Crippen LogP contribution in [0.25, 0.3) is 0 Å². The van der Waals surface area contributed by atoms with E-state index in [0.29, 0.717) is 11.1 Å². The van der Waals surface area contributed by atoms with Crippen molar-refractivity contribution in [3.8, 4) is 0 Å². The topological polar surface area (TPSA) is 58.3 Å². The van der Waals surface area contributed by atoms with Crippen LogP contribution in [0, 0.1) is 6.92 Å². The first-order chi connectivity index (χ1) is 10.6. The predicted octanol–water partition coefficient (Wildman–Crippen LogP) is 2.53. The number of anilines is 1. The van der Waals surface area contributed by atoms with Gasteiger partial charge in [-0.1, -0.05) is 11.6 Å². The molecule has 6 nitrogen and oxygen atoms in total. The number of halogens is 1. The molecule has 1 aliphatic rings. The highest BCUT2D eigenvalue weighted by molar-refractivity contribution is 6.30. The number of aryl methyl sites for hydroxylation is 1. The third-order valence-corrected chi connectivity index (χ3v) is 4.27. The van der Waals surface area contributed by atoms with Crippen molar-refractivity contribution in [3.63, 3.8) is 0 Å². The Hall–Kier alpha value is -1.66. The van der Waals surface area contributed by atoms with E-state index in [9.17, 15) is 0 Å². The van der Waals surface area contributed by atoms with Gasteiger partial charge in [0.25, 0.3) is 0 Å². The number of oxazole rings is 1. The Labute approximate surface area is 135 Å². The largest absolute Gasteiger partial charge is 0.449 e. The fourth-order valence-electron chi connectivity index (χ4n) is 2.83. The molecule has 0 spiro atoms. The number of piperidine rings is 1. The Balaban J connectivity index is 1.53. The van der Waals surface area contributed by atoms with Gasteiger partial charge in [-0.05, 0) is 12.8 Å². The van der Waals surface area contributed by atoms with E-state index in [4.69, 9.17) is 16.0 Å². The number of hydrogen-bond acceptors (Lipinski definition) is 6. The van der Waals surface area contributed by atoms with Crippen LogP contribution in [0.5, 0.6) is 0 Å². The molecule has 3 rings (SSSR count). The van der Waals surface area contributed by atoms with E-state index in [-0.39, 0.29) is 0 Å². The zero-order chi connectivity index (χ0) is 15.5. The Morgan fingerprint density at radius 1 is 1.32 bits per heavy atom. The van der Waals surface area contributed by atoms with Gasteiger partial charge in [-0.15, -0.1) is 0 Å². The smallest absolute Gasteiger partial charge is 0.225 e. The van der Waals surface area contributed by atoms with Crippen LogP contribution >= 0.6 is 11.6 Å². The van der Waals surface area contributed by atoms with Gasteiger partial charge in [0.15, 0.2) is 5.89 Å². The Morgan fingerprint density at radius 3 is 2.59 bits per heavy atom. The van der Waals surface area contributed by atoms with Crippen molar-refractivity contribution in [3.05, 3.63) is 35.3 Å². The molecule has 0 bridgehead atoms. The second-order valence-electron chi connectivity index (χ2n) is 5.68. The lowest BCUT2D eigenvalue weighted by molar-refractivity contribution is 0.200. The minimum absolute atomic E-state index is 0.455. The molecular weight excluding hydrogens is 302 g/mol. The first kappa shape index (κ1) is 15.2. The first-order valence-corrected chi connectivity index (χ1v) is 7.83. The van der Waals surface area contributed by atoms with Crippen molar-refractivity contribution in [1.82, 2.24) is 19.9 Å². The van der Waals surface area contributed by atoms with Crippen molar-refractivity contribution < 1.29 is 4.42 Å². The highest BCUT2D eigenvalue weighted by Crippen LogP contribution is 2.20. The maximum Gasteiger partial charge on any atom is 0.225 e. The highest BCUT2D eigenvalue weighted by Gasteiger charge is 2.24. The molecule has 1 saturated heterocycles. The van der Waals surface area contributed by atoms with Crippen molar-refractivity contribution >= 4 is 17.5 Å². The minimum atomic E-state index is 0.455. The summed E-state index contributed by atoms with van der Waals surface area (Å²) in [4.78, 5) is 17.5. The Kier molecular flexibility index (Phi) is 4.59. The number of hydrogen-bond donors (Lipinski definition) is 0. The number of likely N-dealkylation sites (tertiary alicyclic amines) is 1. The van der Waals surface area contributed by atoms with E-state index < -0.39 is 0 Å². The lowest BCUT2D eigenvalue weighted by atomic mass is 10.0. The van der Waals surface area contributed by atoms with Gasteiger partial charge in [-0.3, -0.25) is 4.90 Å². The van der Waals surface area contributed by atoms with Crippen LogP contribution in [0.2, 0.25) is 5.02 Å². The molecule has 0 N–H and O–H groups in total. The zero-order valence-electron chi connectivity index (χ0n) is 12.9. The summed E-state index contributed by atoms with van der Waals surface area (Å²) in [5, 5.41) is 0.565. The molecule has 0 atom stereocenters. The molecule has 3 heterocycles. The maximum atomic E-state index is 5.84. The van der Waals surface area contributed by atoms with Crippen LogP contribution in [0.15, 0.2) is 23.1 Å². The zero-order valence-corrected chi connectivity index (χ0v) is 13.6. The number of rotatable bonds is 4. The summed E-state index contributed by atoms with van der Waals surface area (Å²) in [6.45, 7) is 4.80. The lowest BCUT2D eigenvalue weighted by Crippen LogP contribution is -2.43. The van der Waals surface area contributed by atoms with Crippen LogP contribution in [0.4, 0.5) is 5.95 Å². The fraction of sp³-hybridized carbons (Fsp3) is 0.533. The van der Waals surface area contributed by atoms with E-state index in [1.165, 1.54) is 0 Å². The van der Waals surface area contributed by atoms with Crippen molar-refractivity contribution in [2.24, 2.45) is 0 Å². The molecule has 0 unspecified atom stereocenters. The first-order valence-electron chi connectivity index (χ1n) is 7.45. The van der Waals surface area contributed by atoms with Crippen molar-refractivity contribution in [2.75, 3.05) is 25.0 Å². The van der Waals surface area contributed by atoms with E-state index in [1.807, 2.05) is 14.0 Å². The third kappa shape index (κ3) is 3.56. The lowest BCUT2D eigenvalue weighted by Gasteiger charge is -2.36. The Morgan fingerprint density at radius 2 is 2.00 bits per heavy atom. The molecule has 0 aliphatic carbocycles. The van der Waals surface area contributed by atoms with Gasteiger partial charge in [0.1, 0.15) is 6.26 Å². The molecule has 0 amide bonds. The van der Waals surface area contributed by atoms with E-state index >= 15 is 0 Å². The molecule has 1 aliphatic heterocycles. The molecule has 1 fully saturated rings. The van der Waals surface area contributed by atoms with Crippen molar-refractivity contribution in [1.29, 1.82) is 0 Å². The van der Waals surface area contributed by atoms with E-state index in [2.05, 4.69) is 24.8 Å². The number of aromatic nitrogens is 3. The average molecular weight is 322 g/mol. The van der Waals surface area contributed by atoms with Gasteiger partial charge in [0, 0.05) is 39.6 Å². The van der Waals surface area contributed by atoms with Gasteiger partial charge in [0.05, 0.1) is 23.1 Å². The number of nitrogens with zero attached hydrogens (tertiary/aromatic N) is 5. The van der Waals surface area contributed by atoms with Gasteiger partial charge in [-0.2, -0.15) is 0 Å². The summed E-state index contributed by atoms with van der Waals surface area (Å²) >= 11 is 5.84. The molecule has 7 heteroatoms. The molecule has 22 heavy (non-hydrogen) atoms. The molecule has 0 radical (unpaired) electrons. The predicted molar refractivity (Wildman–Crippen MR) is 85.0 cm³/mol. The summed E-state index contributed by atoms with van der Waals surface area (Å²) in [5.74, 6) is 1.46. The quantitative estimate of drug-likeness (QED) is 0.862. The summed E-state index contributed by atoms with van der Waals surface area (Å²) in [6.07, 6.45) is 7.19. The average Bonchev–Trinajstić information content (AvgIpc) is 2.93. The van der Waals surface area contributed by atoms with Crippen LogP contribution in [-0.4, -0.2) is 46.0 Å². The van der Waals surface area contributed by atoms with Gasteiger partial charge >= 0.3 is 0 Å². The molecule has 0 aromatic carbocycles. The SMILES string of the molecule is Cc1nc(CN2CCC(N(C)c3ncc(Cl)cn3)CC2)co1. The summed E-state index contributed by atoms with van der Waals surface area (Å²) < 4.78 is 5.26. The van der Waals surface area contributed by atoms with Gasteiger partial charge in [-0.25, -0.2) is 15.0 Å². The van der Waals surface area contributed by atoms with Gasteiger partial charge < -0.3 is 9.32 Å².